The smallest absolute Gasteiger partial charge is 0.295 e. The van der Waals surface area contributed by atoms with E-state index in [2.05, 4.69) is 27.8 Å². The second-order valence-electron chi connectivity index (χ2n) is 9.54. The van der Waals surface area contributed by atoms with Crippen molar-refractivity contribution in [1.82, 2.24) is 9.80 Å². The molecule has 0 bridgehead atoms. The maximum atomic E-state index is 13.3. The number of ketones is 1. The molecule has 4 rings (SSSR count). The van der Waals surface area contributed by atoms with Gasteiger partial charge in [0.25, 0.3) is 11.7 Å². The molecule has 37 heavy (non-hydrogen) atoms. The summed E-state index contributed by atoms with van der Waals surface area (Å²) in [6.07, 6.45) is 2.73. The van der Waals surface area contributed by atoms with Gasteiger partial charge in [0.15, 0.2) is 0 Å². The highest BCUT2D eigenvalue weighted by molar-refractivity contribution is 9.10. The Morgan fingerprint density at radius 1 is 1.11 bits per heavy atom. The number of morpholine rings is 1. The molecule has 2 fully saturated rings. The predicted octanol–water partition coefficient (Wildman–Crippen LogP) is 5.08. The number of hydrogen-bond acceptors (Lipinski definition) is 6. The zero-order chi connectivity index (χ0) is 26.4. The van der Waals surface area contributed by atoms with Gasteiger partial charge in [0, 0.05) is 36.2 Å². The number of hydrogen-bond donors (Lipinski definition) is 1. The molecule has 0 radical (unpaired) electrons. The number of halogens is 1. The van der Waals surface area contributed by atoms with E-state index < -0.39 is 17.7 Å². The molecule has 1 unspecified atom stereocenters. The lowest BCUT2D eigenvalue weighted by atomic mass is 9.94. The van der Waals surface area contributed by atoms with Crippen LogP contribution < -0.4 is 4.74 Å². The lowest BCUT2D eigenvalue weighted by Crippen LogP contribution is -2.38. The summed E-state index contributed by atoms with van der Waals surface area (Å²) in [5, 5.41) is 11.4. The normalized spacial score (nSPS) is 20.0. The van der Waals surface area contributed by atoms with Crippen LogP contribution in [0.25, 0.3) is 5.76 Å². The lowest BCUT2D eigenvalue weighted by Gasteiger charge is -2.29. The van der Waals surface area contributed by atoms with E-state index in [4.69, 9.17) is 9.47 Å². The molecule has 1 amide bonds. The van der Waals surface area contributed by atoms with Crippen LogP contribution in [0.2, 0.25) is 0 Å². The average molecular weight is 572 g/mol. The van der Waals surface area contributed by atoms with Crippen LogP contribution in [0.1, 0.15) is 48.9 Å². The number of ether oxygens (including phenoxy) is 2. The van der Waals surface area contributed by atoms with E-state index in [1.807, 2.05) is 37.3 Å². The fraction of sp³-hybridized carbons (Fsp3) is 0.448. The van der Waals surface area contributed by atoms with E-state index in [1.165, 1.54) is 0 Å². The number of amides is 1. The summed E-state index contributed by atoms with van der Waals surface area (Å²) < 4.78 is 12.1. The summed E-state index contributed by atoms with van der Waals surface area (Å²) in [5.41, 5.74) is 2.25. The molecule has 0 aliphatic carbocycles. The third-order valence-electron chi connectivity index (χ3n) is 6.89. The van der Waals surface area contributed by atoms with Crippen molar-refractivity contribution in [3.8, 4) is 5.75 Å². The van der Waals surface area contributed by atoms with Gasteiger partial charge in [0.1, 0.15) is 11.5 Å². The number of unbranched alkanes of at least 4 members (excludes halogenated alkanes) is 1. The molecular formula is C29H35BrN2O5. The van der Waals surface area contributed by atoms with Crippen molar-refractivity contribution in [2.24, 2.45) is 0 Å². The number of carbonyl (C=O) groups is 2. The largest absolute Gasteiger partial charge is 0.507 e. The Balaban J connectivity index is 1.64. The summed E-state index contributed by atoms with van der Waals surface area (Å²) in [7, 11) is 0. The first-order valence-corrected chi connectivity index (χ1v) is 13.8. The Morgan fingerprint density at radius 3 is 2.59 bits per heavy atom. The van der Waals surface area contributed by atoms with E-state index in [1.54, 1.807) is 17.0 Å². The molecule has 2 aromatic rings. The van der Waals surface area contributed by atoms with Crippen LogP contribution in [0.4, 0.5) is 0 Å². The van der Waals surface area contributed by atoms with E-state index in [-0.39, 0.29) is 11.3 Å². The highest BCUT2D eigenvalue weighted by Crippen LogP contribution is 2.40. The Labute approximate surface area is 227 Å². The molecule has 2 aliphatic heterocycles. The van der Waals surface area contributed by atoms with Crippen molar-refractivity contribution >= 4 is 33.4 Å². The molecular weight excluding hydrogens is 536 g/mol. The molecule has 1 atom stereocenters. The minimum Gasteiger partial charge on any atom is -0.507 e. The zero-order valence-corrected chi connectivity index (χ0v) is 23.1. The standard InChI is InChI=1S/C29H35BrN2O5/c1-3-4-15-37-24-10-9-22(18-20(24)2)27(33)25-26(21-7-5-8-23(30)19-21)32(29(35)28(25)34)12-6-11-31-13-16-36-17-14-31/h5,7-10,18-19,26,33H,3-4,6,11-17H2,1-2H3/b27-25-. The topological polar surface area (TPSA) is 79.3 Å². The average Bonchev–Trinajstić information content (AvgIpc) is 3.15. The minimum absolute atomic E-state index is 0.119. The first kappa shape index (κ1) is 27.4. The molecule has 0 aromatic heterocycles. The first-order chi connectivity index (χ1) is 17.9. The Hall–Kier alpha value is -2.68. The van der Waals surface area contributed by atoms with Crippen molar-refractivity contribution in [3.05, 3.63) is 69.2 Å². The predicted molar refractivity (Wildman–Crippen MR) is 147 cm³/mol. The Bertz CT molecular complexity index is 1160. The summed E-state index contributed by atoms with van der Waals surface area (Å²) in [5.74, 6) is -0.654. The van der Waals surface area contributed by atoms with Gasteiger partial charge in [-0.05, 0) is 61.2 Å². The van der Waals surface area contributed by atoms with Gasteiger partial charge in [-0.25, -0.2) is 0 Å². The highest BCUT2D eigenvalue weighted by atomic mass is 79.9. The minimum atomic E-state index is -0.664. The number of aliphatic hydroxyl groups is 1. The van der Waals surface area contributed by atoms with Crippen LogP contribution in [0, 0.1) is 6.92 Å². The van der Waals surface area contributed by atoms with Crippen molar-refractivity contribution in [2.45, 2.75) is 39.2 Å². The molecule has 2 heterocycles. The summed E-state index contributed by atoms with van der Waals surface area (Å²) in [4.78, 5) is 30.5. The fourth-order valence-corrected chi connectivity index (χ4v) is 5.28. The molecule has 0 saturated carbocycles. The van der Waals surface area contributed by atoms with E-state index in [0.29, 0.717) is 31.9 Å². The second kappa shape index (κ2) is 12.7. The maximum absolute atomic E-state index is 13.3. The van der Waals surface area contributed by atoms with E-state index in [9.17, 15) is 14.7 Å². The summed E-state index contributed by atoms with van der Waals surface area (Å²) >= 11 is 3.51. The van der Waals surface area contributed by atoms with E-state index in [0.717, 1.165) is 60.2 Å². The van der Waals surface area contributed by atoms with Crippen LogP contribution >= 0.6 is 15.9 Å². The monoisotopic (exact) mass is 570 g/mol. The fourth-order valence-electron chi connectivity index (χ4n) is 4.86. The van der Waals surface area contributed by atoms with Crippen molar-refractivity contribution in [2.75, 3.05) is 46.0 Å². The summed E-state index contributed by atoms with van der Waals surface area (Å²) in [6, 6.07) is 12.3. The number of rotatable bonds is 10. The van der Waals surface area contributed by atoms with Gasteiger partial charge >= 0.3 is 0 Å². The van der Waals surface area contributed by atoms with Crippen LogP contribution in [0.3, 0.4) is 0 Å². The van der Waals surface area contributed by atoms with E-state index >= 15 is 0 Å². The van der Waals surface area contributed by atoms with Gasteiger partial charge in [-0.2, -0.15) is 0 Å². The SMILES string of the molecule is CCCCOc1ccc(/C(O)=C2/C(=O)C(=O)N(CCCN3CCOCC3)C2c2cccc(Br)c2)cc1C. The van der Waals surface area contributed by atoms with Crippen molar-refractivity contribution < 1.29 is 24.2 Å². The molecule has 2 saturated heterocycles. The molecule has 2 aromatic carbocycles. The van der Waals surface area contributed by atoms with Gasteiger partial charge in [-0.1, -0.05) is 41.4 Å². The first-order valence-electron chi connectivity index (χ1n) is 13.0. The van der Waals surface area contributed by atoms with Crippen LogP contribution in [0.5, 0.6) is 5.75 Å². The number of benzene rings is 2. The second-order valence-corrected chi connectivity index (χ2v) is 10.5. The van der Waals surface area contributed by atoms with Crippen molar-refractivity contribution in [3.63, 3.8) is 0 Å². The third kappa shape index (κ3) is 6.43. The highest BCUT2D eigenvalue weighted by Gasteiger charge is 2.45. The number of aryl methyl sites for hydroxylation is 1. The molecule has 1 N–H and O–H groups in total. The molecule has 198 valence electrons. The number of carbonyl (C=O) groups excluding carboxylic acids is 2. The van der Waals surface area contributed by atoms with Crippen LogP contribution in [0.15, 0.2) is 52.5 Å². The zero-order valence-electron chi connectivity index (χ0n) is 21.5. The molecule has 7 nitrogen and oxygen atoms in total. The van der Waals surface area contributed by atoms with Crippen LogP contribution in [-0.2, 0) is 14.3 Å². The summed E-state index contributed by atoms with van der Waals surface area (Å²) in [6.45, 7) is 9.03. The maximum Gasteiger partial charge on any atom is 0.295 e. The van der Waals surface area contributed by atoms with Gasteiger partial charge in [-0.3, -0.25) is 14.5 Å². The van der Waals surface area contributed by atoms with Gasteiger partial charge in [0.05, 0.1) is 31.4 Å². The lowest BCUT2D eigenvalue weighted by molar-refractivity contribution is -0.140. The number of Topliss-reactive ketones (excluding diaryl/α,β-unsaturated/α-hetero) is 1. The third-order valence-corrected chi connectivity index (χ3v) is 7.38. The quantitative estimate of drug-likeness (QED) is 0.186. The molecule has 8 heteroatoms. The van der Waals surface area contributed by atoms with Crippen molar-refractivity contribution in [1.29, 1.82) is 0 Å². The van der Waals surface area contributed by atoms with Crippen LogP contribution in [-0.4, -0.2) is 72.6 Å². The number of aliphatic hydroxyl groups excluding tert-OH is 1. The van der Waals surface area contributed by atoms with Gasteiger partial charge in [-0.15, -0.1) is 0 Å². The molecule has 2 aliphatic rings. The van der Waals surface area contributed by atoms with Gasteiger partial charge in [0.2, 0.25) is 0 Å². The van der Waals surface area contributed by atoms with Gasteiger partial charge < -0.3 is 19.5 Å². The Morgan fingerprint density at radius 2 is 1.89 bits per heavy atom. The Kier molecular flexibility index (Phi) is 9.40. The number of likely N-dealkylation sites (tertiary alicyclic amines) is 1. The molecule has 0 spiro atoms. The number of nitrogens with zero attached hydrogens (tertiary/aromatic N) is 2.